The van der Waals surface area contributed by atoms with Crippen LogP contribution in [0.25, 0.3) is 0 Å². The molecule has 0 N–H and O–H groups in total. The van der Waals surface area contributed by atoms with Gasteiger partial charge < -0.3 is 0 Å². The number of likely N-dealkylation sites (N-methyl/N-ethyl adjacent to an activating group) is 1. The van der Waals surface area contributed by atoms with E-state index in [1.165, 1.54) is 10.5 Å². The number of rotatable bonds is 4. The van der Waals surface area contributed by atoms with E-state index in [0.717, 1.165) is 11.1 Å². The molecule has 0 amide bonds. The second-order valence-corrected chi connectivity index (χ2v) is 9.76. The van der Waals surface area contributed by atoms with Crippen LogP contribution in [0.15, 0.2) is 83.8 Å². The van der Waals surface area contributed by atoms with E-state index < -0.39 is 16.1 Å². The van der Waals surface area contributed by atoms with Crippen molar-refractivity contribution >= 4 is 33.2 Å². The van der Waals surface area contributed by atoms with Crippen molar-refractivity contribution in [2.75, 3.05) is 13.6 Å². The molecule has 150 valence electrons. The van der Waals surface area contributed by atoms with E-state index in [9.17, 15) is 8.42 Å². The van der Waals surface area contributed by atoms with E-state index in [1.54, 1.807) is 42.4 Å². The zero-order chi connectivity index (χ0) is 20.6. The van der Waals surface area contributed by atoms with Crippen LogP contribution in [0, 0.1) is 0 Å². The monoisotopic (exact) mass is 446 g/mol. The van der Waals surface area contributed by atoms with E-state index in [-0.39, 0.29) is 10.8 Å². The molecule has 1 aliphatic heterocycles. The predicted molar refractivity (Wildman–Crippen MR) is 116 cm³/mol. The van der Waals surface area contributed by atoms with Gasteiger partial charge in [0.1, 0.15) is 0 Å². The fourth-order valence-electron chi connectivity index (χ4n) is 3.91. The Morgan fingerprint density at radius 2 is 1.52 bits per heavy atom. The lowest BCUT2D eigenvalue weighted by Gasteiger charge is -2.30. The first kappa shape index (κ1) is 20.4. The van der Waals surface area contributed by atoms with Crippen molar-refractivity contribution in [3.63, 3.8) is 0 Å². The van der Waals surface area contributed by atoms with Crippen LogP contribution in [0.1, 0.15) is 23.1 Å². The van der Waals surface area contributed by atoms with Gasteiger partial charge in [-0.1, -0.05) is 71.7 Å². The Labute approximate surface area is 181 Å². The van der Waals surface area contributed by atoms with Gasteiger partial charge in [-0.05, 0) is 41.5 Å². The molecule has 0 aromatic heterocycles. The van der Waals surface area contributed by atoms with E-state index in [2.05, 4.69) is 0 Å². The van der Waals surface area contributed by atoms with Gasteiger partial charge in [-0.2, -0.15) is 0 Å². The van der Waals surface area contributed by atoms with Gasteiger partial charge in [0, 0.05) is 29.6 Å². The molecule has 0 radical (unpaired) electrons. The van der Waals surface area contributed by atoms with Crippen molar-refractivity contribution in [3.8, 4) is 0 Å². The molecule has 2 atom stereocenters. The van der Waals surface area contributed by atoms with Gasteiger partial charge in [-0.15, -0.1) is 4.41 Å². The summed E-state index contributed by atoms with van der Waals surface area (Å²) < 4.78 is 28.7. The predicted octanol–water partition coefficient (Wildman–Crippen LogP) is 5.37. The number of halogens is 2. The minimum atomic E-state index is -3.82. The Morgan fingerprint density at radius 1 is 0.828 bits per heavy atom. The van der Waals surface area contributed by atoms with Crippen molar-refractivity contribution in [3.05, 3.63) is 100 Å². The summed E-state index contributed by atoms with van der Waals surface area (Å²) in [5.74, 6) is -0.0312. The lowest BCUT2D eigenvalue weighted by molar-refractivity contribution is 0.125. The lowest BCUT2D eigenvalue weighted by atomic mass is 9.89. The number of nitrogens with zero attached hydrogens (tertiary/aromatic N) is 2. The third-order valence-corrected chi connectivity index (χ3v) is 7.53. The smallest absolute Gasteiger partial charge is 0.230 e. The van der Waals surface area contributed by atoms with Gasteiger partial charge in [0.05, 0.1) is 10.9 Å². The highest BCUT2D eigenvalue weighted by Gasteiger charge is 2.46. The maximum Gasteiger partial charge on any atom is 0.256 e. The molecule has 7 heteroatoms. The zero-order valence-corrected chi connectivity index (χ0v) is 18.1. The van der Waals surface area contributed by atoms with Gasteiger partial charge in [0.25, 0.3) is 10.0 Å². The van der Waals surface area contributed by atoms with Crippen LogP contribution >= 0.6 is 23.2 Å². The van der Waals surface area contributed by atoms with Crippen molar-refractivity contribution in [1.82, 2.24) is 9.42 Å². The van der Waals surface area contributed by atoms with E-state index in [1.807, 2.05) is 42.5 Å². The topological polar surface area (TPSA) is 40.6 Å². The van der Waals surface area contributed by atoms with Crippen LogP contribution in [0.2, 0.25) is 10.0 Å². The summed E-state index contributed by atoms with van der Waals surface area (Å²) in [6.07, 6.45) is 0. The molecule has 0 spiro atoms. The van der Waals surface area contributed by atoms with Crippen LogP contribution in [-0.4, -0.2) is 31.4 Å². The lowest BCUT2D eigenvalue weighted by Crippen LogP contribution is -2.40. The fraction of sp³-hybridized carbons (Fsp3) is 0.182. The number of hydrazine groups is 1. The molecule has 4 nitrogen and oxygen atoms in total. The first-order valence-electron chi connectivity index (χ1n) is 9.19. The van der Waals surface area contributed by atoms with E-state index in [0.29, 0.717) is 16.6 Å². The summed E-state index contributed by atoms with van der Waals surface area (Å²) in [6, 6.07) is 23.3. The molecule has 0 aliphatic carbocycles. The highest BCUT2D eigenvalue weighted by molar-refractivity contribution is 7.89. The quantitative estimate of drug-likeness (QED) is 0.540. The molecule has 3 aromatic rings. The SMILES string of the molecule is CN1CC(c2ccccc2)C(c2ccc(Cl)cc2)N1S(=O)(=O)c1cccc(Cl)c1. The molecule has 2 unspecified atom stereocenters. The summed E-state index contributed by atoms with van der Waals surface area (Å²) in [6.45, 7) is 0.567. The first-order chi connectivity index (χ1) is 13.9. The third-order valence-electron chi connectivity index (χ3n) is 5.20. The van der Waals surface area contributed by atoms with Gasteiger partial charge in [-0.25, -0.2) is 13.4 Å². The second kappa shape index (κ2) is 8.09. The highest BCUT2D eigenvalue weighted by Crippen LogP contribution is 2.45. The average molecular weight is 447 g/mol. The molecule has 1 aliphatic rings. The summed E-state index contributed by atoms with van der Waals surface area (Å²) >= 11 is 12.2. The zero-order valence-electron chi connectivity index (χ0n) is 15.7. The molecule has 1 saturated heterocycles. The molecule has 3 aromatic carbocycles. The maximum absolute atomic E-state index is 13.6. The van der Waals surface area contributed by atoms with Crippen LogP contribution in [-0.2, 0) is 10.0 Å². The van der Waals surface area contributed by atoms with Crippen LogP contribution in [0.3, 0.4) is 0 Å². The average Bonchev–Trinajstić information content (AvgIpc) is 3.07. The molecule has 4 rings (SSSR count). The highest BCUT2D eigenvalue weighted by atomic mass is 35.5. The minimum absolute atomic E-state index is 0.0312. The van der Waals surface area contributed by atoms with E-state index >= 15 is 0 Å². The number of sulfonamides is 1. The summed E-state index contributed by atoms with van der Waals surface area (Å²) in [7, 11) is -2.02. The number of hydrogen-bond acceptors (Lipinski definition) is 3. The first-order valence-corrected chi connectivity index (χ1v) is 11.4. The minimum Gasteiger partial charge on any atom is -0.230 e. The van der Waals surface area contributed by atoms with Crippen LogP contribution in [0.4, 0.5) is 0 Å². The Bertz CT molecular complexity index is 1110. The van der Waals surface area contributed by atoms with Gasteiger partial charge in [0.2, 0.25) is 0 Å². The molecule has 29 heavy (non-hydrogen) atoms. The van der Waals surface area contributed by atoms with Crippen LogP contribution < -0.4 is 0 Å². The van der Waals surface area contributed by atoms with Crippen molar-refractivity contribution < 1.29 is 8.42 Å². The summed E-state index contributed by atoms with van der Waals surface area (Å²) in [5.41, 5.74) is 1.97. The Kier molecular flexibility index (Phi) is 5.69. The van der Waals surface area contributed by atoms with Crippen molar-refractivity contribution in [2.45, 2.75) is 16.9 Å². The summed E-state index contributed by atoms with van der Waals surface area (Å²) in [4.78, 5) is 0.171. The largest absolute Gasteiger partial charge is 0.256 e. The fourth-order valence-corrected chi connectivity index (χ4v) is 6.03. The molecule has 1 heterocycles. The molecular formula is C22H20Cl2N2O2S. The molecule has 1 fully saturated rings. The number of benzene rings is 3. The summed E-state index contributed by atoms with van der Waals surface area (Å²) in [5, 5.41) is 2.77. The Morgan fingerprint density at radius 3 is 2.17 bits per heavy atom. The Hall–Kier alpha value is -1.89. The molecule has 0 bridgehead atoms. The normalized spacial score (nSPS) is 20.8. The van der Waals surface area contributed by atoms with Gasteiger partial charge in [-0.3, -0.25) is 0 Å². The van der Waals surface area contributed by atoms with Crippen molar-refractivity contribution in [1.29, 1.82) is 0 Å². The Balaban J connectivity index is 1.85. The second-order valence-electron chi connectivity index (χ2n) is 7.09. The van der Waals surface area contributed by atoms with Gasteiger partial charge in [0.15, 0.2) is 0 Å². The standard InChI is InChI=1S/C22H20Cl2N2O2S/c1-25-15-21(16-6-3-2-4-7-16)22(17-10-12-18(23)13-11-17)26(25)29(27,28)20-9-5-8-19(24)14-20/h2-14,21-22H,15H2,1H3. The third kappa shape index (κ3) is 3.93. The van der Waals surface area contributed by atoms with Gasteiger partial charge >= 0.3 is 0 Å². The molecule has 0 saturated carbocycles. The molecular weight excluding hydrogens is 427 g/mol. The van der Waals surface area contributed by atoms with E-state index in [4.69, 9.17) is 23.2 Å². The number of hydrogen-bond donors (Lipinski definition) is 0. The maximum atomic E-state index is 13.6. The van der Waals surface area contributed by atoms with Crippen molar-refractivity contribution in [2.24, 2.45) is 0 Å². The van der Waals surface area contributed by atoms with Crippen LogP contribution in [0.5, 0.6) is 0 Å².